The summed E-state index contributed by atoms with van der Waals surface area (Å²) in [5, 5.41) is 2.32. The molecular weight excluding hydrogens is 325 g/mol. The van der Waals surface area contributed by atoms with Gasteiger partial charge in [-0.2, -0.15) is 0 Å². The number of aliphatic imine (C=N–C) groups is 1. The van der Waals surface area contributed by atoms with Crippen molar-refractivity contribution in [3.63, 3.8) is 0 Å². The van der Waals surface area contributed by atoms with Gasteiger partial charge in [0.05, 0.1) is 5.04 Å². The van der Waals surface area contributed by atoms with Gasteiger partial charge in [-0.25, -0.2) is 0 Å². The Morgan fingerprint density at radius 1 is 1.10 bits per heavy atom. The van der Waals surface area contributed by atoms with Crippen LogP contribution in [0.3, 0.4) is 0 Å². The Kier molecular flexibility index (Phi) is 4.73. The summed E-state index contributed by atoms with van der Waals surface area (Å²) < 4.78 is 5.82. The van der Waals surface area contributed by atoms with Crippen LogP contribution in [0.5, 0.6) is 5.75 Å². The molecule has 5 heteroatoms. The van der Waals surface area contributed by atoms with Gasteiger partial charge >= 0.3 is 0 Å². The number of hydrogen-bond acceptors (Lipinski definition) is 3. The summed E-state index contributed by atoms with van der Waals surface area (Å²) in [7, 11) is 0. The average molecular weight is 338 g/mol. The maximum Gasteiger partial charge on any atom is 0.120 e. The molecule has 2 nitrogen and oxygen atoms in total. The topological polar surface area (TPSA) is 21.6 Å². The van der Waals surface area contributed by atoms with Crippen molar-refractivity contribution in [2.45, 2.75) is 6.61 Å². The van der Waals surface area contributed by atoms with E-state index in [2.05, 4.69) is 4.99 Å². The molecule has 0 amide bonds. The summed E-state index contributed by atoms with van der Waals surface area (Å²) in [6, 6.07) is 13.4. The lowest BCUT2D eigenvalue weighted by Crippen LogP contribution is -1.99. The van der Waals surface area contributed by atoms with Gasteiger partial charge in [0.15, 0.2) is 0 Å². The minimum atomic E-state index is 0.349. The van der Waals surface area contributed by atoms with E-state index in [1.165, 1.54) is 0 Å². The van der Waals surface area contributed by atoms with E-state index in [1.807, 2.05) is 42.5 Å². The lowest BCUT2D eigenvalue weighted by atomic mass is 10.2. The number of hydrogen-bond donors (Lipinski definition) is 0. The minimum absolute atomic E-state index is 0.349. The molecule has 0 atom stereocenters. The third-order valence-electron chi connectivity index (χ3n) is 3.11. The van der Waals surface area contributed by atoms with Gasteiger partial charge < -0.3 is 4.74 Å². The summed E-state index contributed by atoms with van der Waals surface area (Å²) in [5.74, 6) is 1.84. The Morgan fingerprint density at radius 2 is 1.86 bits per heavy atom. The van der Waals surface area contributed by atoms with Gasteiger partial charge in [0.2, 0.25) is 0 Å². The van der Waals surface area contributed by atoms with E-state index in [-0.39, 0.29) is 0 Å². The number of halogens is 2. The molecule has 108 valence electrons. The van der Waals surface area contributed by atoms with E-state index >= 15 is 0 Å². The molecule has 0 unspecified atom stereocenters. The second-order valence-corrected chi connectivity index (χ2v) is 6.45. The molecule has 1 aliphatic rings. The van der Waals surface area contributed by atoms with E-state index in [1.54, 1.807) is 11.8 Å². The summed E-state index contributed by atoms with van der Waals surface area (Å²) in [4.78, 5) is 4.48. The summed E-state index contributed by atoms with van der Waals surface area (Å²) in [6.45, 7) is 1.24. The molecule has 0 aromatic heterocycles. The van der Waals surface area contributed by atoms with Crippen molar-refractivity contribution in [3.05, 3.63) is 63.6 Å². The SMILES string of the molecule is Clc1cccc(Cl)c1COc1cccc(C2=NCCS2)c1. The standard InChI is InChI=1S/C16H13Cl2NOS/c17-14-5-2-6-15(18)13(14)10-20-12-4-1-3-11(9-12)16-19-7-8-21-16/h1-6,9H,7-8,10H2. The van der Waals surface area contributed by atoms with E-state index in [0.29, 0.717) is 16.7 Å². The molecule has 0 aliphatic carbocycles. The van der Waals surface area contributed by atoms with Crippen LogP contribution in [0.2, 0.25) is 10.0 Å². The smallest absolute Gasteiger partial charge is 0.120 e. The van der Waals surface area contributed by atoms with Crippen LogP contribution in [-0.4, -0.2) is 17.3 Å². The van der Waals surface area contributed by atoms with Crippen LogP contribution in [0.1, 0.15) is 11.1 Å². The minimum Gasteiger partial charge on any atom is -0.489 e. The quantitative estimate of drug-likeness (QED) is 0.777. The van der Waals surface area contributed by atoms with Gasteiger partial charge in [-0.1, -0.05) is 41.4 Å². The largest absolute Gasteiger partial charge is 0.489 e. The molecule has 2 aromatic carbocycles. The highest BCUT2D eigenvalue weighted by Gasteiger charge is 2.11. The second-order valence-electron chi connectivity index (χ2n) is 4.55. The molecule has 0 spiro atoms. The van der Waals surface area contributed by atoms with Crippen molar-refractivity contribution in [3.8, 4) is 5.75 Å². The van der Waals surface area contributed by atoms with Crippen LogP contribution < -0.4 is 4.74 Å². The van der Waals surface area contributed by atoms with Crippen molar-refractivity contribution in [1.29, 1.82) is 0 Å². The summed E-state index contributed by atoms with van der Waals surface area (Å²) in [6.07, 6.45) is 0. The van der Waals surface area contributed by atoms with E-state index < -0.39 is 0 Å². The van der Waals surface area contributed by atoms with Gasteiger partial charge in [-0.3, -0.25) is 4.99 Å². The highest BCUT2D eigenvalue weighted by atomic mass is 35.5. The van der Waals surface area contributed by atoms with Gasteiger partial charge in [-0.05, 0) is 24.3 Å². The summed E-state index contributed by atoms with van der Waals surface area (Å²) >= 11 is 14.1. The summed E-state index contributed by atoms with van der Waals surface area (Å²) in [5.41, 5.74) is 1.90. The van der Waals surface area contributed by atoms with Crippen LogP contribution in [0.15, 0.2) is 47.5 Å². The number of thioether (sulfide) groups is 1. The number of nitrogens with zero attached hydrogens (tertiary/aromatic N) is 1. The number of rotatable bonds is 4. The highest BCUT2D eigenvalue weighted by Crippen LogP contribution is 2.27. The van der Waals surface area contributed by atoms with E-state index in [0.717, 1.165) is 34.2 Å². The molecule has 1 heterocycles. The molecule has 2 aromatic rings. The molecule has 0 N–H and O–H groups in total. The Morgan fingerprint density at radius 3 is 2.57 bits per heavy atom. The molecule has 0 saturated carbocycles. The molecule has 0 fully saturated rings. The third-order valence-corrected chi connectivity index (χ3v) is 4.84. The van der Waals surface area contributed by atoms with Crippen LogP contribution in [0.4, 0.5) is 0 Å². The maximum absolute atomic E-state index is 6.14. The van der Waals surface area contributed by atoms with Gasteiger partial charge in [0.25, 0.3) is 0 Å². The van der Waals surface area contributed by atoms with Crippen molar-refractivity contribution < 1.29 is 4.74 Å². The van der Waals surface area contributed by atoms with Gasteiger partial charge in [0, 0.05) is 33.5 Å². The molecule has 0 saturated heterocycles. The van der Waals surface area contributed by atoms with Crippen molar-refractivity contribution >= 4 is 40.0 Å². The third kappa shape index (κ3) is 3.54. The van der Waals surface area contributed by atoms with E-state index in [4.69, 9.17) is 27.9 Å². The Balaban J connectivity index is 1.75. The van der Waals surface area contributed by atoms with Gasteiger partial charge in [0.1, 0.15) is 12.4 Å². The first-order chi connectivity index (χ1) is 10.2. The molecule has 1 aliphatic heterocycles. The predicted molar refractivity (Wildman–Crippen MR) is 91.1 cm³/mol. The average Bonchev–Trinajstić information content (AvgIpc) is 3.01. The van der Waals surface area contributed by atoms with Crippen molar-refractivity contribution in [2.24, 2.45) is 4.99 Å². The molecule has 0 radical (unpaired) electrons. The molecular formula is C16H13Cl2NOS. The normalized spacial score (nSPS) is 14.1. The fourth-order valence-electron chi connectivity index (χ4n) is 2.05. The zero-order chi connectivity index (χ0) is 14.7. The first-order valence-corrected chi connectivity index (χ1v) is 8.31. The molecule has 21 heavy (non-hydrogen) atoms. The fourth-order valence-corrected chi connectivity index (χ4v) is 3.41. The van der Waals surface area contributed by atoms with Gasteiger partial charge in [-0.15, -0.1) is 11.8 Å². The number of benzene rings is 2. The Bertz CT molecular complexity index is 667. The fraction of sp³-hybridized carbons (Fsp3) is 0.188. The zero-order valence-electron chi connectivity index (χ0n) is 11.2. The Hall–Kier alpha value is -1.16. The zero-order valence-corrected chi connectivity index (χ0v) is 13.5. The van der Waals surface area contributed by atoms with Crippen molar-refractivity contribution in [2.75, 3.05) is 12.3 Å². The molecule has 0 bridgehead atoms. The van der Waals surface area contributed by atoms with Crippen LogP contribution in [0.25, 0.3) is 0 Å². The lowest BCUT2D eigenvalue weighted by Gasteiger charge is -2.10. The van der Waals surface area contributed by atoms with Crippen LogP contribution in [-0.2, 0) is 6.61 Å². The Labute approximate surface area is 138 Å². The number of ether oxygens (including phenoxy) is 1. The van der Waals surface area contributed by atoms with Crippen molar-refractivity contribution in [1.82, 2.24) is 0 Å². The van der Waals surface area contributed by atoms with Crippen LogP contribution in [0, 0.1) is 0 Å². The second kappa shape index (κ2) is 6.73. The van der Waals surface area contributed by atoms with Crippen LogP contribution >= 0.6 is 35.0 Å². The molecule has 3 rings (SSSR count). The first-order valence-electron chi connectivity index (χ1n) is 6.57. The monoisotopic (exact) mass is 337 g/mol. The first kappa shape index (κ1) is 14.8. The lowest BCUT2D eigenvalue weighted by molar-refractivity contribution is 0.306. The maximum atomic E-state index is 6.14. The predicted octanol–water partition coefficient (Wildman–Crippen LogP) is 5.07. The highest BCUT2D eigenvalue weighted by molar-refractivity contribution is 8.14. The van der Waals surface area contributed by atoms with E-state index in [9.17, 15) is 0 Å².